The summed E-state index contributed by atoms with van der Waals surface area (Å²) in [6, 6.07) is 14.0. The summed E-state index contributed by atoms with van der Waals surface area (Å²) in [4.78, 5) is 0.715. The summed E-state index contributed by atoms with van der Waals surface area (Å²) in [5.41, 5.74) is 0. The van der Waals surface area contributed by atoms with Crippen LogP contribution in [0.1, 0.15) is 0 Å². The van der Waals surface area contributed by atoms with Crippen molar-refractivity contribution in [3.8, 4) is 17.6 Å². The van der Waals surface area contributed by atoms with Crippen molar-refractivity contribution in [3.63, 3.8) is 0 Å². The van der Waals surface area contributed by atoms with Crippen molar-refractivity contribution in [3.05, 3.63) is 58.6 Å². The molecule has 2 nitrogen and oxygen atoms in total. The predicted molar refractivity (Wildman–Crippen MR) is 87.5 cm³/mol. The topological polar surface area (TPSA) is 26.3 Å². The highest BCUT2D eigenvalue weighted by molar-refractivity contribution is 7.85. The molecule has 2 aromatic rings. The Hall–Kier alpha value is -1.47. The molecule has 0 N–H and O–H groups in total. The van der Waals surface area contributed by atoms with Crippen molar-refractivity contribution in [1.29, 1.82) is 0 Å². The number of rotatable bonds is 4. The van der Waals surface area contributed by atoms with Gasteiger partial charge in [0.25, 0.3) is 0 Å². The van der Waals surface area contributed by atoms with Gasteiger partial charge in [-0.05, 0) is 48.5 Å². The van der Waals surface area contributed by atoms with Crippen molar-refractivity contribution >= 4 is 34.0 Å². The zero-order valence-electron chi connectivity index (χ0n) is 11.0. The fourth-order valence-corrected chi connectivity index (χ4v) is 2.58. The van der Waals surface area contributed by atoms with Gasteiger partial charge in [-0.3, -0.25) is 4.21 Å². The molecule has 0 aliphatic heterocycles. The van der Waals surface area contributed by atoms with E-state index >= 15 is 0 Å². The fraction of sp³-hybridized carbons (Fsp3) is 0.125. The monoisotopic (exact) mass is 338 g/mol. The second kappa shape index (κ2) is 8.09. The maximum absolute atomic E-state index is 11.9. The van der Waals surface area contributed by atoms with Gasteiger partial charge in [0.1, 0.15) is 12.4 Å². The van der Waals surface area contributed by atoms with Crippen LogP contribution in [-0.4, -0.2) is 16.6 Å². The Balaban J connectivity index is 1.79. The molecule has 1 unspecified atom stereocenters. The molecular formula is C16H12Cl2O2S. The van der Waals surface area contributed by atoms with Crippen molar-refractivity contribution in [1.82, 2.24) is 0 Å². The second-order valence-electron chi connectivity index (χ2n) is 4.04. The Labute approximate surface area is 136 Å². The minimum Gasteiger partial charge on any atom is -0.481 e. The molecule has 5 heteroatoms. The largest absolute Gasteiger partial charge is 0.481 e. The molecule has 1 atom stereocenters. The third-order valence-corrected chi connectivity index (χ3v) is 4.24. The minimum absolute atomic E-state index is 0.249. The summed E-state index contributed by atoms with van der Waals surface area (Å²) in [7, 11) is -1.15. The van der Waals surface area contributed by atoms with E-state index in [1.54, 1.807) is 48.5 Å². The van der Waals surface area contributed by atoms with Crippen molar-refractivity contribution in [2.24, 2.45) is 0 Å². The number of hydrogen-bond donors (Lipinski definition) is 0. The molecule has 0 fully saturated rings. The number of ether oxygens (including phenoxy) is 1. The van der Waals surface area contributed by atoms with Crippen LogP contribution in [0.25, 0.3) is 0 Å². The first kappa shape index (κ1) is 15.9. The van der Waals surface area contributed by atoms with Crippen LogP contribution in [0.2, 0.25) is 10.0 Å². The number of halogens is 2. The van der Waals surface area contributed by atoms with Gasteiger partial charge < -0.3 is 4.74 Å². The Morgan fingerprint density at radius 1 is 0.905 bits per heavy atom. The second-order valence-corrected chi connectivity index (χ2v) is 6.36. The van der Waals surface area contributed by atoms with Crippen LogP contribution in [0.4, 0.5) is 0 Å². The van der Waals surface area contributed by atoms with Gasteiger partial charge in [-0.15, -0.1) is 0 Å². The molecule has 2 rings (SSSR count). The highest BCUT2D eigenvalue weighted by atomic mass is 35.5. The van der Waals surface area contributed by atoms with Crippen LogP contribution in [0.5, 0.6) is 5.75 Å². The van der Waals surface area contributed by atoms with E-state index in [2.05, 4.69) is 11.8 Å². The quantitative estimate of drug-likeness (QED) is 0.781. The van der Waals surface area contributed by atoms with E-state index in [4.69, 9.17) is 27.9 Å². The lowest BCUT2D eigenvalue weighted by Crippen LogP contribution is -1.97. The third kappa shape index (κ3) is 5.43. The Bertz CT molecular complexity index is 670. The lowest BCUT2D eigenvalue weighted by atomic mass is 10.3. The summed E-state index contributed by atoms with van der Waals surface area (Å²) < 4.78 is 17.4. The van der Waals surface area contributed by atoms with Gasteiger partial charge in [-0.25, -0.2) is 0 Å². The van der Waals surface area contributed by atoms with E-state index in [-0.39, 0.29) is 12.4 Å². The number of hydrogen-bond acceptors (Lipinski definition) is 2. The SMILES string of the molecule is O=S(CC#CCOc1ccc(Cl)cc1)c1ccc(Cl)cc1. The zero-order chi connectivity index (χ0) is 15.1. The van der Waals surface area contributed by atoms with Crippen molar-refractivity contribution in [2.75, 3.05) is 12.4 Å². The van der Waals surface area contributed by atoms with Crippen molar-refractivity contribution in [2.45, 2.75) is 4.90 Å². The van der Waals surface area contributed by atoms with Crippen LogP contribution in [0.15, 0.2) is 53.4 Å². The molecular weight excluding hydrogens is 327 g/mol. The van der Waals surface area contributed by atoms with Crippen LogP contribution < -0.4 is 4.74 Å². The van der Waals surface area contributed by atoms with Gasteiger partial charge in [-0.1, -0.05) is 35.0 Å². The van der Waals surface area contributed by atoms with Gasteiger partial charge in [-0.2, -0.15) is 0 Å². The smallest absolute Gasteiger partial charge is 0.149 e. The van der Waals surface area contributed by atoms with Gasteiger partial charge in [0, 0.05) is 14.9 Å². The molecule has 0 saturated heterocycles. The summed E-state index contributed by atoms with van der Waals surface area (Å²) in [5.74, 6) is 6.65. The van der Waals surface area contributed by atoms with Crippen LogP contribution >= 0.6 is 23.2 Å². The maximum Gasteiger partial charge on any atom is 0.149 e. The van der Waals surface area contributed by atoms with E-state index in [9.17, 15) is 4.21 Å². The molecule has 0 aliphatic carbocycles. The van der Waals surface area contributed by atoms with E-state index in [0.717, 1.165) is 0 Å². The maximum atomic E-state index is 11.9. The van der Waals surface area contributed by atoms with Gasteiger partial charge >= 0.3 is 0 Å². The van der Waals surface area contributed by atoms with Gasteiger partial charge in [0.15, 0.2) is 0 Å². The molecule has 2 aromatic carbocycles. The minimum atomic E-state index is -1.15. The molecule has 0 aromatic heterocycles. The molecule has 0 radical (unpaired) electrons. The molecule has 0 spiro atoms. The Kier molecular flexibility index (Phi) is 6.13. The lowest BCUT2D eigenvalue weighted by molar-refractivity contribution is 0.370. The highest BCUT2D eigenvalue weighted by Gasteiger charge is 2.00. The van der Waals surface area contributed by atoms with E-state index in [1.165, 1.54) is 0 Å². The van der Waals surface area contributed by atoms with E-state index in [0.29, 0.717) is 20.7 Å². The Morgan fingerprint density at radius 3 is 2.10 bits per heavy atom. The van der Waals surface area contributed by atoms with Gasteiger partial charge in [0.2, 0.25) is 0 Å². The van der Waals surface area contributed by atoms with Crippen LogP contribution in [-0.2, 0) is 10.8 Å². The molecule has 108 valence electrons. The fourth-order valence-electron chi connectivity index (χ4n) is 1.49. The summed E-state index contributed by atoms with van der Waals surface area (Å²) >= 11 is 11.6. The van der Waals surface area contributed by atoms with Gasteiger partial charge in [0.05, 0.1) is 16.6 Å². The summed E-state index contributed by atoms with van der Waals surface area (Å²) in [6.07, 6.45) is 0. The molecule has 0 aliphatic rings. The van der Waals surface area contributed by atoms with E-state index < -0.39 is 10.8 Å². The Morgan fingerprint density at radius 2 is 1.48 bits per heavy atom. The molecule has 0 saturated carbocycles. The lowest BCUT2D eigenvalue weighted by Gasteiger charge is -2.01. The first-order valence-corrected chi connectivity index (χ1v) is 8.20. The number of benzene rings is 2. The molecule has 21 heavy (non-hydrogen) atoms. The highest BCUT2D eigenvalue weighted by Crippen LogP contribution is 2.15. The average Bonchev–Trinajstić information content (AvgIpc) is 2.49. The molecule has 0 heterocycles. The van der Waals surface area contributed by atoms with Crippen LogP contribution in [0.3, 0.4) is 0 Å². The first-order valence-electron chi connectivity index (χ1n) is 6.13. The summed E-state index contributed by atoms with van der Waals surface area (Å²) in [6.45, 7) is 0.249. The predicted octanol–water partition coefficient (Wildman–Crippen LogP) is 4.18. The van der Waals surface area contributed by atoms with Crippen molar-refractivity contribution < 1.29 is 8.95 Å². The molecule has 0 bridgehead atoms. The van der Waals surface area contributed by atoms with Crippen LogP contribution in [0, 0.1) is 11.8 Å². The zero-order valence-corrected chi connectivity index (χ0v) is 13.3. The normalized spacial score (nSPS) is 11.3. The average molecular weight is 339 g/mol. The molecule has 0 amide bonds. The standard InChI is InChI=1S/C16H12Cl2O2S/c17-13-3-7-15(8-4-13)20-11-1-2-12-21(19)16-9-5-14(18)6-10-16/h3-10H,11-12H2. The third-order valence-electron chi connectivity index (χ3n) is 2.53. The van der Waals surface area contributed by atoms with E-state index in [1.807, 2.05) is 0 Å². The summed E-state index contributed by atoms with van der Waals surface area (Å²) in [5, 5.41) is 1.28. The first-order chi connectivity index (χ1) is 10.1.